The molecule has 2 unspecified atom stereocenters. The minimum atomic E-state index is -3.57. The number of anilines is 1. The molecule has 0 spiro atoms. The van der Waals surface area contributed by atoms with Crippen molar-refractivity contribution in [2.45, 2.75) is 42.5 Å². The standard InChI is InChI=1S/C28H30FN5O5S/c1-17(8-10-35)40(36,37)21-5-3-19(4-6-21)25-15-32-28(30)27(33-25)26-13-24(34-39-26)22-7-2-18(12-23(22)29)14-31-20-9-11-38-16-20/h2-7,12-13,15,17,20,31,35H,8-11,14,16H2,1H3,(H2,30,32). The van der Waals surface area contributed by atoms with Gasteiger partial charge in [0.25, 0.3) is 0 Å². The molecule has 2 aromatic heterocycles. The van der Waals surface area contributed by atoms with Crippen LogP contribution in [0.15, 0.2) is 64.1 Å². The van der Waals surface area contributed by atoms with Gasteiger partial charge in [-0.1, -0.05) is 23.4 Å². The molecule has 4 aromatic rings. The molecule has 0 bridgehead atoms. The number of rotatable bonds is 10. The molecule has 1 saturated heterocycles. The molecule has 0 amide bonds. The number of ether oxygens (including phenoxy) is 1. The summed E-state index contributed by atoms with van der Waals surface area (Å²) < 4.78 is 51.2. The summed E-state index contributed by atoms with van der Waals surface area (Å²) >= 11 is 0. The third-order valence-electron chi connectivity index (χ3n) is 6.92. The number of nitrogen functional groups attached to an aromatic ring is 1. The molecule has 2 aromatic carbocycles. The van der Waals surface area contributed by atoms with Gasteiger partial charge in [-0.3, -0.25) is 0 Å². The molecule has 1 aliphatic rings. The van der Waals surface area contributed by atoms with E-state index in [1.54, 1.807) is 31.2 Å². The fraction of sp³-hybridized carbons (Fsp3) is 0.321. The molecule has 2 atom stereocenters. The Hall–Kier alpha value is -3.71. The van der Waals surface area contributed by atoms with Crippen LogP contribution in [0.4, 0.5) is 10.2 Å². The molecular weight excluding hydrogens is 537 g/mol. The highest BCUT2D eigenvalue weighted by molar-refractivity contribution is 7.92. The van der Waals surface area contributed by atoms with Crippen molar-refractivity contribution in [1.82, 2.24) is 20.4 Å². The van der Waals surface area contributed by atoms with Gasteiger partial charge in [-0.05, 0) is 49.6 Å². The summed E-state index contributed by atoms with van der Waals surface area (Å²) in [5.41, 5.74) is 8.72. The average Bonchev–Trinajstić information content (AvgIpc) is 3.65. The highest BCUT2D eigenvalue weighted by Gasteiger charge is 2.23. The van der Waals surface area contributed by atoms with Crippen LogP contribution in [0.25, 0.3) is 34.0 Å². The number of halogens is 1. The van der Waals surface area contributed by atoms with Gasteiger partial charge < -0.3 is 25.4 Å². The van der Waals surface area contributed by atoms with E-state index in [9.17, 15) is 12.8 Å². The largest absolute Gasteiger partial charge is 0.396 e. The minimum absolute atomic E-state index is 0.0984. The maximum Gasteiger partial charge on any atom is 0.189 e. The summed E-state index contributed by atoms with van der Waals surface area (Å²) in [4.78, 5) is 8.92. The quantitative estimate of drug-likeness (QED) is 0.259. The molecule has 0 aliphatic carbocycles. The lowest BCUT2D eigenvalue weighted by Gasteiger charge is -2.12. The highest BCUT2D eigenvalue weighted by atomic mass is 32.2. The number of nitrogens with two attached hydrogens (primary N) is 1. The lowest BCUT2D eigenvalue weighted by molar-refractivity contribution is 0.190. The zero-order valence-corrected chi connectivity index (χ0v) is 22.7. The lowest BCUT2D eigenvalue weighted by Crippen LogP contribution is -2.28. The summed E-state index contributed by atoms with van der Waals surface area (Å²) in [6.07, 6.45) is 2.56. The van der Waals surface area contributed by atoms with Gasteiger partial charge in [0.05, 0.1) is 28.6 Å². The number of hydrogen-bond donors (Lipinski definition) is 3. The first-order chi connectivity index (χ1) is 19.3. The van der Waals surface area contributed by atoms with Crippen molar-refractivity contribution in [1.29, 1.82) is 0 Å². The van der Waals surface area contributed by atoms with Crippen LogP contribution < -0.4 is 11.1 Å². The number of aliphatic hydroxyl groups is 1. The van der Waals surface area contributed by atoms with Crippen molar-refractivity contribution in [3.05, 3.63) is 66.1 Å². The molecule has 40 heavy (non-hydrogen) atoms. The molecule has 210 valence electrons. The van der Waals surface area contributed by atoms with E-state index in [1.807, 2.05) is 6.07 Å². The third-order valence-corrected chi connectivity index (χ3v) is 9.15. The van der Waals surface area contributed by atoms with Crippen LogP contribution in [-0.4, -0.2) is 59.8 Å². The lowest BCUT2D eigenvalue weighted by atomic mass is 10.1. The molecule has 1 fully saturated rings. The van der Waals surface area contributed by atoms with E-state index in [4.69, 9.17) is 20.1 Å². The molecular formula is C28H30FN5O5S. The van der Waals surface area contributed by atoms with E-state index in [0.717, 1.165) is 18.6 Å². The highest BCUT2D eigenvalue weighted by Crippen LogP contribution is 2.31. The van der Waals surface area contributed by atoms with Gasteiger partial charge in [0.1, 0.15) is 11.5 Å². The van der Waals surface area contributed by atoms with Gasteiger partial charge in [-0.25, -0.2) is 22.8 Å². The van der Waals surface area contributed by atoms with Gasteiger partial charge >= 0.3 is 0 Å². The zero-order chi connectivity index (χ0) is 28.3. The van der Waals surface area contributed by atoms with Crippen LogP contribution in [0, 0.1) is 5.82 Å². The Morgan fingerprint density at radius 1 is 1.18 bits per heavy atom. The van der Waals surface area contributed by atoms with Gasteiger partial charge in [-0.2, -0.15) is 0 Å². The number of aromatic nitrogens is 3. The van der Waals surface area contributed by atoms with E-state index in [0.29, 0.717) is 24.4 Å². The number of sulfone groups is 1. The first-order valence-corrected chi connectivity index (χ1v) is 14.5. The Kier molecular flexibility index (Phi) is 8.22. The number of aliphatic hydroxyl groups excluding tert-OH is 1. The van der Waals surface area contributed by atoms with Crippen molar-refractivity contribution in [3.63, 3.8) is 0 Å². The van der Waals surface area contributed by atoms with Crippen LogP contribution in [-0.2, 0) is 21.1 Å². The van der Waals surface area contributed by atoms with Crippen LogP contribution >= 0.6 is 0 Å². The molecule has 5 rings (SSSR count). The van der Waals surface area contributed by atoms with Crippen LogP contribution in [0.2, 0.25) is 0 Å². The van der Waals surface area contributed by atoms with Crippen LogP contribution in [0.3, 0.4) is 0 Å². The second kappa shape index (κ2) is 11.8. The summed E-state index contributed by atoms with van der Waals surface area (Å²) in [6, 6.07) is 13.0. The SMILES string of the molecule is CC(CCO)S(=O)(=O)c1ccc(-c2cnc(N)c(-c3cc(-c4ccc(CNC5CCOC5)cc4F)no3)n2)cc1. The number of hydrogen-bond acceptors (Lipinski definition) is 10. The van der Waals surface area contributed by atoms with Gasteiger partial charge in [0.2, 0.25) is 0 Å². The maximum atomic E-state index is 15.0. The van der Waals surface area contributed by atoms with Gasteiger partial charge in [0.15, 0.2) is 27.1 Å². The van der Waals surface area contributed by atoms with Gasteiger partial charge in [-0.15, -0.1) is 0 Å². The summed E-state index contributed by atoms with van der Waals surface area (Å²) in [6.45, 7) is 3.28. The fourth-order valence-electron chi connectivity index (χ4n) is 4.45. The number of benzene rings is 2. The smallest absolute Gasteiger partial charge is 0.189 e. The second-order valence-electron chi connectivity index (χ2n) is 9.71. The minimum Gasteiger partial charge on any atom is -0.396 e. The van der Waals surface area contributed by atoms with Crippen molar-refractivity contribution in [2.24, 2.45) is 0 Å². The predicted octanol–water partition coefficient (Wildman–Crippen LogP) is 3.61. The molecule has 3 heterocycles. The zero-order valence-electron chi connectivity index (χ0n) is 21.9. The molecule has 10 nitrogen and oxygen atoms in total. The van der Waals surface area contributed by atoms with E-state index < -0.39 is 20.9 Å². The Balaban J connectivity index is 1.35. The second-order valence-corrected chi connectivity index (χ2v) is 12.1. The van der Waals surface area contributed by atoms with E-state index in [2.05, 4.69) is 20.4 Å². The third kappa shape index (κ3) is 5.89. The molecule has 0 saturated carbocycles. The molecule has 0 radical (unpaired) electrons. The van der Waals surface area contributed by atoms with Crippen LogP contribution in [0.1, 0.15) is 25.3 Å². The van der Waals surface area contributed by atoms with Gasteiger partial charge in [0, 0.05) is 43.0 Å². The number of nitrogens with zero attached hydrogens (tertiary/aromatic N) is 3. The van der Waals surface area contributed by atoms with E-state index in [-0.39, 0.29) is 52.5 Å². The Labute approximate surface area is 231 Å². The van der Waals surface area contributed by atoms with Crippen molar-refractivity contribution >= 4 is 15.7 Å². The Morgan fingerprint density at radius 3 is 2.67 bits per heavy atom. The molecule has 4 N–H and O–H groups in total. The summed E-state index contributed by atoms with van der Waals surface area (Å²) in [5.74, 6) is -0.121. The summed E-state index contributed by atoms with van der Waals surface area (Å²) in [5, 5.41) is 15.8. The first kappa shape index (κ1) is 27.8. The Bertz CT molecular complexity index is 1590. The first-order valence-electron chi connectivity index (χ1n) is 12.9. The van der Waals surface area contributed by atoms with Crippen LogP contribution in [0.5, 0.6) is 0 Å². The fourth-order valence-corrected chi connectivity index (χ4v) is 5.85. The average molecular weight is 568 g/mol. The molecule has 12 heteroatoms. The molecule has 1 aliphatic heterocycles. The van der Waals surface area contributed by atoms with E-state index >= 15 is 0 Å². The van der Waals surface area contributed by atoms with Crippen molar-refractivity contribution < 1.29 is 27.2 Å². The van der Waals surface area contributed by atoms with Crippen molar-refractivity contribution in [2.75, 3.05) is 25.6 Å². The normalized spacial score (nSPS) is 16.3. The Morgan fingerprint density at radius 2 is 1.98 bits per heavy atom. The monoisotopic (exact) mass is 567 g/mol. The number of nitrogens with one attached hydrogen (secondary N) is 1. The topological polar surface area (TPSA) is 153 Å². The predicted molar refractivity (Wildman–Crippen MR) is 147 cm³/mol. The van der Waals surface area contributed by atoms with E-state index in [1.165, 1.54) is 24.4 Å². The van der Waals surface area contributed by atoms with Crippen molar-refractivity contribution in [3.8, 4) is 34.0 Å². The summed E-state index contributed by atoms with van der Waals surface area (Å²) in [7, 11) is -3.57. The maximum absolute atomic E-state index is 15.0.